The highest BCUT2D eigenvalue weighted by atomic mass is 32.2. The first-order valence-corrected chi connectivity index (χ1v) is 8.22. The van der Waals surface area contributed by atoms with Crippen LogP contribution in [0.5, 0.6) is 5.75 Å². The van der Waals surface area contributed by atoms with Gasteiger partial charge >= 0.3 is 10.2 Å². The maximum absolute atomic E-state index is 14.3. The van der Waals surface area contributed by atoms with Crippen molar-refractivity contribution in [1.82, 2.24) is 10.0 Å². The van der Waals surface area contributed by atoms with Crippen molar-refractivity contribution in [2.24, 2.45) is 4.99 Å². The van der Waals surface area contributed by atoms with Gasteiger partial charge < -0.3 is 15.7 Å². The van der Waals surface area contributed by atoms with Crippen molar-refractivity contribution >= 4 is 33.5 Å². The summed E-state index contributed by atoms with van der Waals surface area (Å²) in [5.41, 5.74) is -0.375. The minimum Gasteiger partial charge on any atom is -0.506 e. The second kappa shape index (κ2) is 5.57. The van der Waals surface area contributed by atoms with E-state index >= 15 is 0 Å². The van der Waals surface area contributed by atoms with Gasteiger partial charge in [0, 0.05) is 24.8 Å². The lowest BCUT2D eigenvalue weighted by Gasteiger charge is -2.19. The average molecular weight is 343 g/mol. The summed E-state index contributed by atoms with van der Waals surface area (Å²) in [6, 6.07) is 2.18. The molecule has 0 saturated carbocycles. The number of anilines is 2. The molecule has 124 valence electrons. The maximum Gasteiger partial charge on any atom is 0.326 e. The number of hydrogen-bond donors (Lipinski definition) is 4. The Bertz CT molecular complexity index is 772. The molecule has 0 spiro atoms. The Kier molecular flexibility index (Phi) is 3.72. The van der Waals surface area contributed by atoms with Crippen LogP contribution in [0.2, 0.25) is 0 Å². The fraction of sp³-hybridized carbons (Fsp3) is 0.333. The van der Waals surface area contributed by atoms with E-state index < -0.39 is 39.9 Å². The summed E-state index contributed by atoms with van der Waals surface area (Å²) in [4.78, 5) is 15.4. The van der Waals surface area contributed by atoms with Crippen molar-refractivity contribution in [3.8, 4) is 5.75 Å². The SMILES string of the molecule is O=C1CN(c2c(O)cc(NC3=NCCCN3)cc2F)S(=O)(=O)N1. The standard InChI is InChI=1S/C12H14FN5O4S/c13-8-4-7(16-12-14-2-1-3-15-12)5-9(19)11(8)18-6-10(20)17-23(18,21)22/h4-5,19H,1-3,6H2,(H,17,20)(H2,14,15,16). The van der Waals surface area contributed by atoms with E-state index in [4.69, 9.17) is 0 Å². The van der Waals surface area contributed by atoms with Crippen LogP contribution in [0, 0.1) is 5.82 Å². The Morgan fingerprint density at radius 3 is 2.74 bits per heavy atom. The van der Waals surface area contributed by atoms with E-state index in [-0.39, 0.29) is 5.69 Å². The Hall–Kier alpha value is -2.56. The van der Waals surface area contributed by atoms with E-state index in [2.05, 4.69) is 15.6 Å². The fourth-order valence-corrected chi connectivity index (χ4v) is 3.47. The summed E-state index contributed by atoms with van der Waals surface area (Å²) >= 11 is 0. The van der Waals surface area contributed by atoms with Crippen molar-refractivity contribution in [2.45, 2.75) is 6.42 Å². The number of nitrogens with zero attached hydrogens (tertiary/aromatic N) is 2. The molecule has 0 atom stereocenters. The quantitative estimate of drug-likeness (QED) is 0.573. The molecule has 1 amide bonds. The Balaban J connectivity index is 1.92. The van der Waals surface area contributed by atoms with Gasteiger partial charge in [-0.3, -0.25) is 9.79 Å². The first-order chi connectivity index (χ1) is 10.9. The summed E-state index contributed by atoms with van der Waals surface area (Å²) in [6.07, 6.45) is 0.886. The van der Waals surface area contributed by atoms with E-state index in [1.165, 1.54) is 0 Å². The lowest BCUT2D eigenvalue weighted by Crippen LogP contribution is -2.35. The van der Waals surface area contributed by atoms with Gasteiger partial charge in [0.1, 0.15) is 18.0 Å². The molecule has 11 heteroatoms. The number of phenols is 1. The molecule has 0 aromatic heterocycles. The molecule has 0 aliphatic carbocycles. The summed E-state index contributed by atoms with van der Waals surface area (Å²) in [5.74, 6) is -1.95. The third-order valence-electron chi connectivity index (χ3n) is 3.27. The molecule has 3 rings (SSSR count). The van der Waals surface area contributed by atoms with Crippen LogP contribution in [0.1, 0.15) is 6.42 Å². The minimum absolute atomic E-state index is 0.202. The molecular weight excluding hydrogens is 329 g/mol. The van der Waals surface area contributed by atoms with Crippen molar-refractivity contribution < 1.29 is 22.7 Å². The number of rotatable bonds is 2. The van der Waals surface area contributed by atoms with Gasteiger partial charge in [-0.1, -0.05) is 0 Å². The zero-order chi connectivity index (χ0) is 16.6. The van der Waals surface area contributed by atoms with E-state index in [0.29, 0.717) is 16.8 Å². The molecule has 2 aliphatic heterocycles. The van der Waals surface area contributed by atoms with Crippen LogP contribution in [-0.2, 0) is 15.0 Å². The van der Waals surface area contributed by atoms with Crippen molar-refractivity contribution in [2.75, 3.05) is 29.3 Å². The number of phenolic OH excluding ortho intramolecular Hbond substituents is 1. The summed E-state index contributed by atoms with van der Waals surface area (Å²) in [6.45, 7) is 0.758. The molecule has 23 heavy (non-hydrogen) atoms. The highest BCUT2D eigenvalue weighted by Crippen LogP contribution is 2.36. The number of guanidine groups is 1. The van der Waals surface area contributed by atoms with Crippen molar-refractivity contribution in [1.29, 1.82) is 0 Å². The molecule has 1 aromatic rings. The van der Waals surface area contributed by atoms with Crippen LogP contribution >= 0.6 is 0 Å². The third-order valence-corrected chi connectivity index (χ3v) is 4.65. The Labute approximate surface area is 131 Å². The molecule has 1 aromatic carbocycles. The van der Waals surface area contributed by atoms with Gasteiger partial charge in [-0.2, -0.15) is 8.42 Å². The first kappa shape index (κ1) is 15.3. The first-order valence-electron chi connectivity index (χ1n) is 6.78. The van der Waals surface area contributed by atoms with Gasteiger partial charge in [0.25, 0.3) is 5.91 Å². The lowest BCUT2D eigenvalue weighted by molar-refractivity contribution is -0.117. The molecular formula is C12H14FN5O4S. The van der Waals surface area contributed by atoms with Gasteiger partial charge in [0.15, 0.2) is 11.8 Å². The molecule has 9 nitrogen and oxygen atoms in total. The largest absolute Gasteiger partial charge is 0.506 e. The lowest BCUT2D eigenvalue weighted by atomic mass is 10.2. The zero-order valence-electron chi connectivity index (χ0n) is 11.8. The molecule has 2 aliphatic rings. The van der Waals surface area contributed by atoms with Crippen LogP contribution in [-0.4, -0.2) is 45.0 Å². The molecule has 0 radical (unpaired) electrons. The second-order valence-corrected chi connectivity index (χ2v) is 6.59. The van der Waals surface area contributed by atoms with Crippen LogP contribution in [0.15, 0.2) is 17.1 Å². The smallest absolute Gasteiger partial charge is 0.326 e. The van der Waals surface area contributed by atoms with Gasteiger partial charge in [-0.25, -0.2) is 13.4 Å². The normalized spacial score (nSPS) is 19.8. The number of aromatic hydroxyl groups is 1. The maximum atomic E-state index is 14.3. The third kappa shape index (κ3) is 2.99. The van der Waals surface area contributed by atoms with E-state index in [0.717, 1.165) is 25.1 Å². The summed E-state index contributed by atoms with van der Waals surface area (Å²) in [5, 5.41) is 15.8. The molecule has 0 bridgehead atoms. The van der Waals surface area contributed by atoms with Crippen LogP contribution < -0.4 is 19.7 Å². The van der Waals surface area contributed by atoms with E-state index in [9.17, 15) is 22.7 Å². The van der Waals surface area contributed by atoms with Crippen LogP contribution in [0.3, 0.4) is 0 Å². The highest BCUT2D eigenvalue weighted by molar-refractivity contribution is 7.92. The molecule has 0 unspecified atom stereocenters. The number of amides is 1. The number of benzene rings is 1. The fourth-order valence-electron chi connectivity index (χ4n) is 2.30. The number of carbonyl (C=O) groups is 1. The van der Waals surface area contributed by atoms with Gasteiger partial charge in [-0.05, 0) is 12.5 Å². The summed E-state index contributed by atoms with van der Waals surface area (Å²) in [7, 11) is -4.20. The highest BCUT2D eigenvalue weighted by Gasteiger charge is 2.37. The number of halogens is 1. The molecule has 1 saturated heterocycles. The molecule has 2 heterocycles. The Morgan fingerprint density at radius 2 is 2.17 bits per heavy atom. The number of nitrogens with one attached hydrogen (secondary N) is 3. The Morgan fingerprint density at radius 1 is 1.39 bits per heavy atom. The van der Waals surface area contributed by atoms with Crippen molar-refractivity contribution in [3.63, 3.8) is 0 Å². The topological polar surface area (TPSA) is 123 Å². The molecule has 4 N–H and O–H groups in total. The number of aliphatic imine (C=N–C) groups is 1. The predicted octanol–water partition coefficient (Wildman–Crippen LogP) is -0.527. The van der Waals surface area contributed by atoms with Crippen molar-refractivity contribution in [3.05, 3.63) is 17.9 Å². The van der Waals surface area contributed by atoms with Crippen LogP contribution in [0.25, 0.3) is 0 Å². The van der Waals surface area contributed by atoms with Gasteiger partial charge in [0.05, 0.1) is 0 Å². The van der Waals surface area contributed by atoms with E-state index in [1.807, 2.05) is 0 Å². The monoisotopic (exact) mass is 343 g/mol. The van der Waals surface area contributed by atoms with Crippen LogP contribution in [0.4, 0.5) is 15.8 Å². The minimum atomic E-state index is -4.20. The van der Waals surface area contributed by atoms with E-state index in [1.54, 1.807) is 4.72 Å². The molecule has 1 fully saturated rings. The zero-order valence-corrected chi connectivity index (χ0v) is 12.7. The second-order valence-electron chi connectivity index (χ2n) is 5.00. The summed E-state index contributed by atoms with van der Waals surface area (Å²) < 4.78 is 40.0. The van der Waals surface area contributed by atoms with Gasteiger partial charge in [-0.15, -0.1) is 0 Å². The number of hydrogen-bond acceptors (Lipinski definition) is 7. The average Bonchev–Trinajstić information content (AvgIpc) is 2.72. The number of carbonyl (C=O) groups excluding carboxylic acids is 1. The van der Waals surface area contributed by atoms with Gasteiger partial charge in [0.2, 0.25) is 0 Å². The predicted molar refractivity (Wildman–Crippen MR) is 81.0 cm³/mol.